The van der Waals surface area contributed by atoms with E-state index in [9.17, 15) is 22.8 Å². The maximum Gasteiger partial charge on any atom is 0.259 e. The van der Waals surface area contributed by atoms with Gasteiger partial charge < -0.3 is 21.1 Å². The fourth-order valence-corrected chi connectivity index (χ4v) is 6.02. The largest absolute Gasteiger partial charge is 0.391 e. The van der Waals surface area contributed by atoms with Crippen molar-refractivity contribution in [2.24, 2.45) is 11.7 Å². The van der Waals surface area contributed by atoms with Gasteiger partial charge in [0, 0.05) is 18.9 Å². The number of hydrogen-bond donors (Lipinski definition) is 4. The molecule has 3 fully saturated rings. The third kappa shape index (κ3) is 4.69. The Morgan fingerprint density at radius 1 is 1.28 bits per heavy atom. The van der Waals surface area contributed by atoms with E-state index in [1.807, 2.05) is 12.2 Å². The van der Waals surface area contributed by atoms with E-state index in [4.69, 9.17) is 7.16 Å². The number of carbonyl (C=O) groups is 3. The average Bonchev–Trinajstić information content (AvgIpc) is 3.68. The van der Waals surface area contributed by atoms with Gasteiger partial charge in [-0.05, 0) is 38.5 Å². The Balaban J connectivity index is 1.58. The monoisotopic (exact) mass is 470 g/mol. The summed E-state index contributed by atoms with van der Waals surface area (Å²) in [4.78, 5) is 40.7. The third-order valence-corrected chi connectivity index (χ3v) is 8.70. The summed E-state index contributed by atoms with van der Waals surface area (Å²) in [5, 5.41) is 6.84. The zero-order valence-corrected chi connectivity index (χ0v) is 18.8. The molecule has 32 heavy (non-hydrogen) atoms. The predicted octanol–water partition coefficient (Wildman–Crippen LogP) is -0.721. The van der Waals surface area contributed by atoms with E-state index in [1.54, 1.807) is 0 Å². The number of aliphatic hydroxyl groups is 1. The molecule has 2 saturated carbocycles. The van der Waals surface area contributed by atoms with Crippen molar-refractivity contribution >= 4 is 27.7 Å². The van der Waals surface area contributed by atoms with Crippen LogP contribution >= 0.6 is 0 Å². The molecule has 10 nitrogen and oxygen atoms in total. The molecule has 2 aliphatic carbocycles. The number of amides is 3. The number of fused-ring (bicyclic) bond motifs is 2. The summed E-state index contributed by atoms with van der Waals surface area (Å²) in [5.74, 6) is -2.04. The molecular weight excluding hydrogens is 436 g/mol. The number of allylic oxidation sites excluding steroid dienone is 1. The second-order valence-electron chi connectivity index (χ2n) is 9.48. The Labute approximate surface area is 189 Å². The smallest absolute Gasteiger partial charge is 0.259 e. The Bertz CT molecular complexity index is 939. The number of nitrogens with zero attached hydrogens (tertiary/aromatic N) is 1. The summed E-state index contributed by atoms with van der Waals surface area (Å²) in [5.41, 5.74) is 4.72. The normalized spacial score (nSPS) is 37.8. The van der Waals surface area contributed by atoms with Crippen molar-refractivity contribution in [3.05, 3.63) is 12.2 Å². The second kappa shape index (κ2) is 8.75. The van der Waals surface area contributed by atoms with Crippen LogP contribution in [0.2, 0.25) is 0 Å². The van der Waals surface area contributed by atoms with Crippen LogP contribution in [-0.4, -0.2) is 73.1 Å². The van der Waals surface area contributed by atoms with Gasteiger partial charge in [-0.1, -0.05) is 25.0 Å². The van der Waals surface area contributed by atoms with Gasteiger partial charge in [0.15, 0.2) is 0 Å². The molecule has 178 valence electrons. The molecule has 5 N–H and O–H groups in total. The Hall–Kier alpha value is -1.98. The topological polar surface area (TPSA) is 159 Å². The van der Waals surface area contributed by atoms with Gasteiger partial charge in [0.25, 0.3) is 5.91 Å². The maximum absolute atomic E-state index is 13.3. The molecule has 0 aromatic rings. The number of sulfonamides is 1. The fraction of sp³-hybridized carbons (Fsp3) is 0.762. The van der Waals surface area contributed by atoms with Gasteiger partial charge in [-0.15, -0.1) is 0 Å². The zero-order valence-electron chi connectivity index (χ0n) is 19.0. The number of nitrogens with one attached hydrogen (secondary N) is 2. The highest BCUT2D eigenvalue weighted by molar-refractivity contribution is 7.91. The van der Waals surface area contributed by atoms with Gasteiger partial charge in [0.1, 0.15) is 11.6 Å². The maximum atomic E-state index is 13.3. The first-order valence-electron chi connectivity index (χ1n) is 11.8. The van der Waals surface area contributed by atoms with Crippen LogP contribution in [0.3, 0.4) is 0 Å². The molecule has 4 rings (SSSR count). The molecule has 2 aliphatic heterocycles. The lowest BCUT2D eigenvalue weighted by molar-refractivity contribution is -0.140. The standard InChI is InChI=1S/C21H32N4O6S/c22-16-7-5-3-1-2-4-6-13-11-21(13,20(29)24-32(30,31)15-8-9-15)23-18(27)17-10-14(26)12-25(17)19(16)28/h4,6,13-17,26H,1-3,5,7-12,22H2,(H,23,27)(H,24,29)/b6-4-/t13?,14-,16+,17+,21-/m1/s1/i26T. The minimum Gasteiger partial charge on any atom is -0.391 e. The molecule has 0 aromatic heterocycles. The van der Waals surface area contributed by atoms with Crippen LogP contribution in [0, 0.1) is 5.92 Å². The van der Waals surface area contributed by atoms with Gasteiger partial charge in [-0.25, -0.2) is 8.42 Å². The summed E-state index contributed by atoms with van der Waals surface area (Å²) >= 11 is 0. The summed E-state index contributed by atoms with van der Waals surface area (Å²) in [7, 11) is -3.78. The summed E-state index contributed by atoms with van der Waals surface area (Å²) in [6.45, 7) is 0.0622. The highest BCUT2D eigenvalue weighted by atomic mass is 32.2. The SMILES string of the molecule is [3H]O[C@@H]1C[C@H]2C(=O)N[C@]3(C(=O)NS(=O)(=O)C4CC4)CC3/C=C\CCCCC[C@H](N)C(=O)N2C1. The molecule has 11 heteroatoms. The van der Waals surface area contributed by atoms with Crippen molar-refractivity contribution in [2.75, 3.05) is 6.54 Å². The van der Waals surface area contributed by atoms with Crippen molar-refractivity contribution in [1.82, 2.24) is 14.9 Å². The second-order valence-corrected chi connectivity index (χ2v) is 11.4. The first-order chi connectivity index (χ1) is 15.7. The Morgan fingerprint density at radius 3 is 2.78 bits per heavy atom. The number of carbonyl (C=O) groups excluding carboxylic acids is 3. The molecule has 0 spiro atoms. The lowest BCUT2D eigenvalue weighted by Gasteiger charge is -2.28. The summed E-state index contributed by atoms with van der Waals surface area (Å²) in [6.07, 6.45) is 8.42. The lowest BCUT2D eigenvalue weighted by Crippen LogP contribution is -2.57. The Kier molecular flexibility index (Phi) is 5.98. The number of aliphatic hydroxyl groups excluding tert-OH is 1. The molecular formula is C21H32N4O6S. The molecule has 2 heterocycles. The first-order valence-corrected chi connectivity index (χ1v) is 13.0. The molecule has 4 aliphatic rings. The lowest BCUT2D eigenvalue weighted by atomic mass is 10.1. The molecule has 3 amide bonds. The van der Waals surface area contributed by atoms with Crippen LogP contribution in [0.15, 0.2) is 12.2 Å². The Morgan fingerprint density at radius 2 is 2.06 bits per heavy atom. The van der Waals surface area contributed by atoms with E-state index in [1.165, 1.54) is 4.90 Å². The van der Waals surface area contributed by atoms with Gasteiger partial charge in [-0.2, -0.15) is 0 Å². The molecule has 1 unspecified atom stereocenters. The van der Waals surface area contributed by atoms with Crippen LogP contribution < -0.4 is 15.8 Å². The molecule has 1 saturated heterocycles. The minimum atomic E-state index is -3.78. The quantitative estimate of drug-likeness (QED) is 0.395. The number of rotatable bonds is 4. The van der Waals surface area contributed by atoms with Gasteiger partial charge >= 0.3 is 0 Å². The fourth-order valence-electron chi connectivity index (χ4n) is 4.66. The van der Waals surface area contributed by atoms with Crippen LogP contribution in [-0.2, 0) is 24.4 Å². The van der Waals surface area contributed by atoms with Crippen molar-refractivity contribution in [3.63, 3.8) is 0 Å². The zero-order chi connectivity index (χ0) is 23.8. The van der Waals surface area contributed by atoms with Crippen molar-refractivity contribution in [3.8, 4) is 0 Å². The minimum absolute atomic E-state index is 0.0622. The molecule has 5 atom stereocenters. The number of hydrogen-bond acceptors (Lipinski definition) is 7. The van der Waals surface area contributed by atoms with Crippen molar-refractivity contribution in [1.29, 1.82) is 1.43 Å². The average molecular weight is 471 g/mol. The third-order valence-electron chi connectivity index (χ3n) is 6.88. The van der Waals surface area contributed by atoms with E-state index in [0.717, 1.165) is 25.7 Å². The van der Waals surface area contributed by atoms with E-state index < -0.39 is 50.8 Å². The summed E-state index contributed by atoms with van der Waals surface area (Å²) in [6, 6.07) is -1.71. The van der Waals surface area contributed by atoms with Crippen LogP contribution in [0.5, 0.6) is 0 Å². The van der Waals surface area contributed by atoms with E-state index in [2.05, 4.69) is 15.1 Å². The van der Waals surface area contributed by atoms with E-state index in [0.29, 0.717) is 19.3 Å². The summed E-state index contributed by atoms with van der Waals surface area (Å²) < 4.78 is 34.1. The first kappa shape index (κ1) is 21.8. The van der Waals surface area contributed by atoms with Gasteiger partial charge in [0.2, 0.25) is 23.3 Å². The molecule has 0 aromatic carbocycles. The number of nitrogens with two attached hydrogens (primary N) is 1. The van der Waals surface area contributed by atoms with Crippen LogP contribution in [0.25, 0.3) is 0 Å². The molecule has 0 radical (unpaired) electrons. The van der Waals surface area contributed by atoms with Crippen molar-refractivity contribution < 1.29 is 27.9 Å². The van der Waals surface area contributed by atoms with E-state index in [-0.39, 0.29) is 31.2 Å². The van der Waals surface area contributed by atoms with Crippen LogP contribution in [0.1, 0.15) is 57.8 Å². The highest BCUT2D eigenvalue weighted by Crippen LogP contribution is 2.46. The van der Waals surface area contributed by atoms with Crippen LogP contribution in [0.4, 0.5) is 0 Å². The highest BCUT2D eigenvalue weighted by Gasteiger charge is 2.62. The van der Waals surface area contributed by atoms with Gasteiger partial charge in [-0.3, -0.25) is 19.1 Å². The molecule has 0 bridgehead atoms. The van der Waals surface area contributed by atoms with Crippen molar-refractivity contribution in [2.45, 2.75) is 86.8 Å². The van der Waals surface area contributed by atoms with E-state index >= 15 is 0 Å². The predicted molar refractivity (Wildman–Crippen MR) is 115 cm³/mol. The van der Waals surface area contributed by atoms with Gasteiger partial charge in [0.05, 0.1) is 17.4 Å².